The first-order valence-corrected chi connectivity index (χ1v) is 11.4. The summed E-state index contributed by atoms with van der Waals surface area (Å²) in [5.41, 5.74) is 4.79. The Morgan fingerprint density at radius 2 is 1.85 bits per heavy atom. The number of aliphatic imine (C=N–C) groups is 1. The monoisotopic (exact) mass is 570 g/mol. The van der Waals surface area contributed by atoms with Gasteiger partial charge in [0.2, 0.25) is 0 Å². The number of aromatic nitrogens is 2. The Hall–Kier alpha value is -2.01. The van der Waals surface area contributed by atoms with Crippen LogP contribution in [0.2, 0.25) is 0 Å². The highest BCUT2D eigenvalue weighted by atomic mass is 127. The lowest BCUT2D eigenvalue weighted by Crippen LogP contribution is -2.52. The van der Waals surface area contributed by atoms with Crippen molar-refractivity contribution in [3.05, 3.63) is 40.7 Å². The van der Waals surface area contributed by atoms with Crippen molar-refractivity contribution < 1.29 is 9.47 Å². The van der Waals surface area contributed by atoms with Gasteiger partial charge in [-0.05, 0) is 51.0 Å². The van der Waals surface area contributed by atoms with Crippen molar-refractivity contribution in [3.8, 4) is 11.5 Å². The molecule has 0 radical (unpaired) electrons. The van der Waals surface area contributed by atoms with Crippen molar-refractivity contribution >= 4 is 29.9 Å². The first-order chi connectivity index (χ1) is 15.5. The lowest BCUT2D eigenvalue weighted by Gasteiger charge is -2.36. The molecule has 1 aromatic heterocycles. The van der Waals surface area contributed by atoms with Crippen molar-refractivity contribution in [1.29, 1.82) is 0 Å². The summed E-state index contributed by atoms with van der Waals surface area (Å²) in [7, 11) is 5.42. The Kier molecular flexibility index (Phi) is 10.7. The SMILES string of the molecule is CCNC(=NCCc1c(C)nn(C)c1C)N1CCN(Cc2cc(OC)ccc2OC)CC1.I. The van der Waals surface area contributed by atoms with Crippen molar-refractivity contribution in [2.45, 2.75) is 33.7 Å². The van der Waals surface area contributed by atoms with E-state index in [0.29, 0.717) is 0 Å². The number of nitrogens with zero attached hydrogens (tertiary/aromatic N) is 5. The number of hydrogen-bond donors (Lipinski definition) is 1. The van der Waals surface area contributed by atoms with E-state index in [1.54, 1.807) is 14.2 Å². The molecule has 1 aromatic carbocycles. The van der Waals surface area contributed by atoms with Crippen LogP contribution in [-0.4, -0.2) is 79.0 Å². The zero-order valence-electron chi connectivity index (χ0n) is 20.8. The minimum Gasteiger partial charge on any atom is -0.497 e. The van der Waals surface area contributed by atoms with Gasteiger partial charge < -0.3 is 19.7 Å². The highest BCUT2D eigenvalue weighted by molar-refractivity contribution is 14.0. The lowest BCUT2D eigenvalue weighted by molar-refractivity contribution is 0.171. The molecule has 0 amide bonds. The highest BCUT2D eigenvalue weighted by Gasteiger charge is 2.21. The summed E-state index contributed by atoms with van der Waals surface area (Å²) in [5, 5.41) is 7.99. The number of benzene rings is 1. The molecule has 184 valence electrons. The molecule has 33 heavy (non-hydrogen) atoms. The summed E-state index contributed by atoms with van der Waals surface area (Å²) in [6.07, 6.45) is 0.913. The number of piperazine rings is 1. The van der Waals surface area contributed by atoms with Gasteiger partial charge in [-0.3, -0.25) is 14.6 Å². The molecule has 1 N–H and O–H groups in total. The third kappa shape index (κ3) is 6.99. The molecule has 0 atom stereocenters. The fraction of sp³-hybridized carbons (Fsp3) is 0.583. The van der Waals surface area contributed by atoms with E-state index in [-0.39, 0.29) is 24.0 Å². The van der Waals surface area contributed by atoms with E-state index < -0.39 is 0 Å². The number of aryl methyl sites for hydroxylation is 2. The molecule has 1 aliphatic heterocycles. The molecule has 0 spiro atoms. The Morgan fingerprint density at radius 1 is 1.12 bits per heavy atom. The molecule has 0 unspecified atom stereocenters. The molecular weight excluding hydrogens is 531 g/mol. The van der Waals surface area contributed by atoms with Crippen LogP contribution in [0.3, 0.4) is 0 Å². The number of methoxy groups -OCH3 is 2. The van der Waals surface area contributed by atoms with Crippen LogP contribution in [0.4, 0.5) is 0 Å². The summed E-state index contributed by atoms with van der Waals surface area (Å²) >= 11 is 0. The average molecular weight is 571 g/mol. The topological polar surface area (TPSA) is 67.2 Å². The summed E-state index contributed by atoms with van der Waals surface area (Å²) in [6.45, 7) is 12.7. The van der Waals surface area contributed by atoms with Crippen LogP contribution < -0.4 is 14.8 Å². The largest absolute Gasteiger partial charge is 0.497 e. The smallest absolute Gasteiger partial charge is 0.194 e. The molecule has 2 aromatic rings. The standard InChI is InChI=1S/C24H38N6O2.HI/c1-7-25-24(26-11-10-22-18(2)27-28(4)19(22)3)30-14-12-29(13-15-30)17-20-16-21(31-5)8-9-23(20)32-6;/h8-9,16H,7,10-15,17H2,1-6H3,(H,25,26);1H. The van der Waals surface area contributed by atoms with E-state index in [4.69, 9.17) is 14.5 Å². The van der Waals surface area contributed by atoms with Gasteiger partial charge in [-0.2, -0.15) is 5.10 Å². The predicted octanol–water partition coefficient (Wildman–Crippen LogP) is 3.00. The highest BCUT2D eigenvalue weighted by Crippen LogP contribution is 2.25. The number of rotatable bonds is 8. The quantitative estimate of drug-likeness (QED) is 0.299. The zero-order chi connectivity index (χ0) is 23.1. The summed E-state index contributed by atoms with van der Waals surface area (Å²) in [6, 6.07) is 5.99. The first-order valence-electron chi connectivity index (χ1n) is 11.4. The van der Waals surface area contributed by atoms with Crippen LogP contribution in [0.5, 0.6) is 11.5 Å². The maximum atomic E-state index is 5.55. The second kappa shape index (κ2) is 13.0. The van der Waals surface area contributed by atoms with Gasteiger partial charge in [-0.25, -0.2) is 0 Å². The van der Waals surface area contributed by atoms with Crippen molar-refractivity contribution in [2.24, 2.45) is 12.0 Å². The molecule has 2 heterocycles. The fourth-order valence-electron chi connectivity index (χ4n) is 4.24. The van der Waals surface area contributed by atoms with E-state index in [9.17, 15) is 0 Å². The van der Waals surface area contributed by atoms with Gasteiger partial charge >= 0.3 is 0 Å². The molecule has 1 aliphatic rings. The minimum atomic E-state index is 0. The third-order valence-electron chi connectivity index (χ3n) is 6.17. The van der Waals surface area contributed by atoms with Crippen molar-refractivity contribution in [1.82, 2.24) is 24.9 Å². The van der Waals surface area contributed by atoms with Gasteiger partial charge in [0.25, 0.3) is 0 Å². The molecule has 0 saturated carbocycles. The predicted molar refractivity (Wildman–Crippen MR) is 144 cm³/mol. The maximum Gasteiger partial charge on any atom is 0.194 e. The van der Waals surface area contributed by atoms with E-state index in [2.05, 4.69) is 47.1 Å². The summed E-state index contributed by atoms with van der Waals surface area (Å²) in [5.74, 6) is 2.77. The zero-order valence-corrected chi connectivity index (χ0v) is 23.2. The van der Waals surface area contributed by atoms with Gasteiger partial charge in [0.05, 0.1) is 19.9 Å². The third-order valence-corrected chi connectivity index (χ3v) is 6.17. The first kappa shape index (κ1) is 27.2. The molecule has 9 heteroatoms. The van der Waals surface area contributed by atoms with E-state index >= 15 is 0 Å². The van der Waals surface area contributed by atoms with Gasteiger partial charge in [-0.15, -0.1) is 24.0 Å². The van der Waals surface area contributed by atoms with E-state index in [0.717, 1.165) is 81.0 Å². The minimum absolute atomic E-state index is 0. The molecule has 0 bridgehead atoms. The summed E-state index contributed by atoms with van der Waals surface area (Å²) < 4.78 is 12.9. The van der Waals surface area contributed by atoms with Gasteiger partial charge in [0.1, 0.15) is 11.5 Å². The van der Waals surface area contributed by atoms with E-state index in [1.165, 1.54) is 11.3 Å². The molecular formula is C24H39IN6O2. The maximum absolute atomic E-state index is 5.55. The van der Waals surface area contributed by atoms with Crippen molar-refractivity contribution in [3.63, 3.8) is 0 Å². The lowest BCUT2D eigenvalue weighted by atomic mass is 10.1. The number of hydrogen-bond acceptors (Lipinski definition) is 5. The Morgan fingerprint density at radius 3 is 2.42 bits per heavy atom. The molecule has 0 aliphatic carbocycles. The normalized spacial score (nSPS) is 14.7. The van der Waals surface area contributed by atoms with Crippen LogP contribution in [0, 0.1) is 13.8 Å². The van der Waals surface area contributed by atoms with Gasteiger partial charge in [0.15, 0.2) is 5.96 Å². The van der Waals surface area contributed by atoms with Gasteiger partial charge in [-0.1, -0.05) is 0 Å². The second-order valence-corrected chi connectivity index (χ2v) is 8.20. The van der Waals surface area contributed by atoms with Crippen LogP contribution in [0.1, 0.15) is 29.4 Å². The van der Waals surface area contributed by atoms with Gasteiger partial charge in [0, 0.05) is 64.1 Å². The number of guanidine groups is 1. The van der Waals surface area contributed by atoms with E-state index in [1.807, 2.05) is 23.9 Å². The van der Waals surface area contributed by atoms with Crippen LogP contribution >= 0.6 is 24.0 Å². The number of nitrogens with one attached hydrogen (secondary N) is 1. The van der Waals surface area contributed by atoms with Crippen LogP contribution in [0.25, 0.3) is 0 Å². The fourth-order valence-corrected chi connectivity index (χ4v) is 4.24. The molecule has 8 nitrogen and oxygen atoms in total. The Balaban J connectivity index is 0.00000385. The Bertz CT molecular complexity index is 922. The summed E-state index contributed by atoms with van der Waals surface area (Å²) in [4.78, 5) is 9.75. The average Bonchev–Trinajstić information content (AvgIpc) is 3.04. The molecule has 1 fully saturated rings. The van der Waals surface area contributed by atoms with Crippen molar-refractivity contribution in [2.75, 3.05) is 53.5 Å². The number of halogens is 1. The molecule has 3 rings (SSSR count). The number of ether oxygens (including phenoxy) is 2. The molecule has 1 saturated heterocycles. The van der Waals surface area contributed by atoms with Crippen LogP contribution in [0.15, 0.2) is 23.2 Å². The van der Waals surface area contributed by atoms with Crippen LogP contribution in [-0.2, 0) is 20.0 Å². The second-order valence-electron chi connectivity index (χ2n) is 8.20. The Labute approximate surface area is 215 Å².